The van der Waals surface area contributed by atoms with E-state index in [1.165, 1.54) is 5.56 Å². The van der Waals surface area contributed by atoms with Crippen molar-refractivity contribution in [3.63, 3.8) is 0 Å². The van der Waals surface area contributed by atoms with Crippen LogP contribution in [0.15, 0.2) is 29.4 Å². The summed E-state index contributed by atoms with van der Waals surface area (Å²) in [6.07, 6.45) is 1.55. The Morgan fingerprint density at radius 1 is 1.40 bits per heavy atom. The largest absolute Gasteiger partial charge is 0.350 e. The summed E-state index contributed by atoms with van der Waals surface area (Å²) in [5.41, 5.74) is 9.19. The molecular weight excluding hydrogens is 190 g/mol. The standard InChI is InChI=1S/C11H15N3O/c1-8(2)10-5-3-9(4-6-10)7-13-14-11(12)15/h3-8H,1-2H3,(H3,12,14,15)/b13-7-. The molecule has 4 heteroatoms. The van der Waals surface area contributed by atoms with Crippen LogP contribution in [0.5, 0.6) is 0 Å². The van der Waals surface area contributed by atoms with Crippen LogP contribution in [0.1, 0.15) is 30.9 Å². The number of hydrazone groups is 1. The molecule has 1 aromatic rings. The number of primary amides is 1. The molecule has 3 N–H and O–H groups in total. The number of hydrogen-bond donors (Lipinski definition) is 2. The highest BCUT2D eigenvalue weighted by Gasteiger charge is 1.97. The number of carbonyl (C=O) groups excluding carboxylic acids is 1. The van der Waals surface area contributed by atoms with E-state index in [0.29, 0.717) is 5.92 Å². The number of nitrogens with two attached hydrogens (primary N) is 1. The minimum atomic E-state index is -0.662. The summed E-state index contributed by atoms with van der Waals surface area (Å²) < 4.78 is 0. The van der Waals surface area contributed by atoms with Gasteiger partial charge in [0.15, 0.2) is 0 Å². The third-order valence-corrected chi connectivity index (χ3v) is 1.99. The predicted molar refractivity (Wildman–Crippen MR) is 60.8 cm³/mol. The van der Waals surface area contributed by atoms with Crippen LogP contribution < -0.4 is 11.2 Å². The van der Waals surface area contributed by atoms with Gasteiger partial charge in [-0.2, -0.15) is 5.10 Å². The molecule has 0 atom stereocenters. The number of nitrogens with zero attached hydrogens (tertiary/aromatic N) is 1. The molecule has 0 unspecified atom stereocenters. The Labute approximate surface area is 89.2 Å². The molecule has 0 bridgehead atoms. The van der Waals surface area contributed by atoms with Crippen LogP contribution in [0, 0.1) is 0 Å². The fourth-order valence-corrected chi connectivity index (χ4v) is 1.14. The third kappa shape index (κ3) is 3.81. The van der Waals surface area contributed by atoms with Gasteiger partial charge in [0, 0.05) is 0 Å². The minimum absolute atomic E-state index is 0.514. The molecule has 0 fully saturated rings. The molecule has 1 aromatic carbocycles. The Kier molecular flexibility index (Phi) is 3.85. The molecule has 15 heavy (non-hydrogen) atoms. The van der Waals surface area contributed by atoms with Gasteiger partial charge in [0.05, 0.1) is 6.21 Å². The quantitative estimate of drug-likeness (QED) is 0.573. The van der Waals surface area contributed by atoms with E-state index < -0.39 is 6.03 Å². The number of benzene rings is 1. The van der Waals surface area contributed by atoms with E-state index >= 15 is 0 Å². The van der Waals surface area contributed by atoms with E-state index in [1.807, 2.05) is 24.3 Å². The maximum Gasteiger partial charge on any atom is 0.332 e. The fraction of sp³-hybridized carbons (Fsp3) is 0.273. The first-order valence-electron chi connectivity index (χ1n) is 4.78. The second kappa shape index (κ2) is 5.14. The van der Waals surface area contributed by atoms with Crippen LogP contribution in [0.25, 0.3) is 0 Å². The van der Waals surface area contributed by atoms with Gasteiger partial charge in [0.25, 0.3) is 0 Å². The van der Waals surface area contributed by atoms with Gasteiger partial charge in [-0.3, -0.25) is 0 Å². The van der Waals surface area contributed by atoms with Crippen molar-refractivity contribution >= 4 is 12.2 Å². The zero-order valence-corrected chi connectivity index (χ0v) is 8.90. The molecule has 0 saturated carbocycles. The summed E-state index contributed by atoms with van der Waals surface area (Å²) in [6, 6.07) is 7.31. The zero-order valence-electron chi connectivity index (χ0n) is 8.90. The lowest BCUT2D eigenvalue weighted by molar-refractivity contribution is 0.249. The molecule has 0 heterocycles. The Hall–Kier alpha value is -1.84. The van der Waals surface area contributed by atoms with Gasteiger partial charge >= 0.3 is 6.03 Å². The summed E-state index contributed by atoms with van der Waals surface area (Å²) in [5.74, 6) is 0.514. The molecule has 0 aliphatic heterocycles. The van der Waals surface area contributed by atoms with Crippen molar-refractivity contribution in [2.24, 2.45) is 10.8 Å². The van der Waals surface area contributed by atoms with Crippen molar-refractivity contribution in [3.05, 3.63) is 35.4 Å². The van der Waals surface area contributed by atoms with Crippen LogP contribution in [0.4, 0.5) is 4.79 Å². The average molecular weight is 205 g/mol. The summed E-state index contributed by atoms with van der Waals surface area (Å²) in [5, 5.41) is 3.67. The van der Waals surface area contributed by atoms with Gasteiger partial charge < -0.3 is 5.73 Å². The molecule has 0 saturated heterocycles. The molecule has 0 aromatic heterocycles. The van der Waals surface area contributed by atoms with E-state index in [1.54, 1.807) is 6.21 Å². The summed E-state index contributed by atoms with van der Waals surface area (Å²) in [7, 11) is 0. The lowest BCUT2D eigenvalue weighted by Crippen LogP contribution is -2.24. The van der Waals surface area contributed by atoms with Gasteiger partial charge in [-0.05, 0) is 17.0 Å². The van der Waals surface area contributed by atoms with E-state index in [9.17, 15) is 4.79 Å². The number of carbonyl (C=O) groups is 1. The highest BCUT2D eigenvalue weighted by atomic mass is 16.2. The average Bonchev–Trinajstić information content (AvgIpc) is 2.18. The molecule has 80 valence electrons. The molecule has 0 spiro atoms. The van der Waals surface area contributed by atoms with Gasteiger partial charge in [-0.25, -0.2) is 10.2 Å². The number of hydrogen-bond acceptors (Lipinski definition) is 2. The van der Waals surface area contributed by atoms with E-state index in [2.05, 4.69) is 24.4 Å². The third-order valence-electron chi connectivity index (χ3n) is 1.99. The first kappa shape index (κ1) is 11.2. The van der Waals surface area contributed by atoms with Crippen LogP contribution in [0.2, 0.25) is 0 Å². The monoisotopic (exact) mass is 205 g/mol. The summed E-state index contributed by atoms with van der Waals surface area (Å²) >= 11 is 0. The molecule has 0 aliphatic carbocycles. The summed E-state index contributed by atoms with van der Waals surface area (Å²) in [6.45, 7) is 4.27. The molecule has 4 nitrogen and oxygen atoms in total. The van der Waals surface area contributed by atoms with E-state index in [4.69, 9.17) is 5.73 Å². The highest BCUT2D eigenvalue weighted by Crippen LogP contribution is 2.13. The van der Waals surface area contributed by atoms with Crippen molar-refractivity contribution in [3.8, 4) is 0 Å². The number of rotatable bonds is 3. The first-order chi connectivity index (χ1) is 7.09. The molecule has 2 amide bonds. The molecular formula is C11H15N3O. The number of urea groups is 1. The van der Waals surface area contributed by atoms with Gasteiger partial charge in [0.1, 0.15) is 0 Å². The van der Waals surface area contributed by atoms with Gasteiger partial charge in [-0.15, -0.1) is 0 Å². The predicted octanol–water partition coefficient (Wildman–Crippen LogP) is 1.81. The van der Waals surface area contributed by atoms with Crippen LogP contribution >= 0.6 is 0 Å². The Morgan fingerprint density at radius 2 is 2.00 bits per heavy atom. The maximum absolute atomic E-state index is 10.3. The van der Waals surface area contributed by atoms with E-state index in [-0.39, 0.29) is 0 Å². The Morgan fingerprint density at radius 3 is 2.47 bits per heavy atom. The zero-order chi connectivity index (χ0) is 11.3. The van der Waals surface area contributed by atoms with Crippen LogP contribution in [-0.4, -0.2) is 12.2 Å². The fourth-order valence-electron chi connectivity index (χ4n) is 1.14. The van der Waals surface area contributed by atoms with Gasteiger partial charge in [-0.1, -0.05) is 38.1 Å². The van der Waals surface area contributed by atoms with Crippen molar-refractivity contribution in [1.29, 1.82) is 0 Å². The maximum atomic E-state index is 10.3. The number of amides is 2. The van der Waals surface area contributed by atoms with Crippen molar-refractivity contribution in [2.45, 2.75) is 19.8 Å². The Bertz CT molecular complexity index is 355. The van der Waals surface area contributed by atoms with Crippen LogP contribution in [-0.2, 0) is 0 Å². The lowest BCUT2D eigenvalue weighted by atomic mass is 10.0. The van der Waals surface area contributed by atoms with E-state index in [0.717, 1.165) is 5.56 Å². The van der Waals surface area contributed by atoms with Crippen molar-refractivity contribution in [1.82, 2.24) is 5.43 Å². The van der Waals surface area contributed by atoms with Crippen molar-refractivity contribution in [2.75, 3.05) is 0 Å². The molecule has 1 rings (SSSR count). The summed E-state index contributed by atoms with van der Waals surface area (Å²) in [4.78, 5) is 10.3. The number of nitrogens with one attached hydrogen (secondary N) is 1. The minimum Gasteiger partial charge on any atom is -0.350 e. The van der Waals surface area contributed by atoms with Crippen LogP contribution in [0.3, 0.4) is 0 Å². The smallest absolute Gasteiger partial charge is 0.332 e. The topological polar surface area (TPSA) is 67.5 Å². The SMILES string of the molecule is CC(C)c1ccc(/C=N\NC(N)=O)cc1. The second-order valence-electron chi connectivity index (χ2n) is 3.56. The molecule has 0 radical (unpaired) electrons. The van der Waals surface area contributed by atoms with Gasteiger partial charge in [0.2, 0.25) is 0 Å². The lowest BCUT2D eigenvalue weighted by Gasteiger charge is -2.04. The molecule has 0 aliphatic rings. The van der Waals surface area contributed by atoms with Crippen molar-refractivity contribution < 1.29 is 4.79 Å². The normalized spacial score (nSPS) is 10.9. The Balaban J connectivity index is 2.64. The first-order valence-corrected chi connectivity index (χ1v) is 4.78. The highest BCUT2D eigenvalue weighted by molar-refractivity contribution is 5.81. The second-order valence-corrected chi connectivity index (χ2v) is 3.56.